The van der Waals surface area contributed by atoms with Gasteiger partial charge in [-0.3, -0.25) is 4.79 Å². The number of halogens is 2. The molecule has 0 amide bonds. The van der Waals surface area contributed by atoms with Crippen LogP contribution in [0.5, 0.6) is 5.75 Å². The molecule has 0 unspecified atom stereocenters. The second-order valence-electron chi connectivity index (χ2n) is 4.53. The highest BCUT2D eigenvalue weighted by Crippen LogP contribution is 2.26. The van der Waals surface area contributed by atoms with Crippen molar-refractivity contribution >= 4 is 32.6 Å². The summed E-state index contributed by atoms with van der Waals surface area (Å²) in [5.74, 6) is -0.0644. The molecule has 1 heterocycles. The average Bonchev–Trinajstić information content (AvgIpc) is 2.90. The molecule has 0 radical (unpaired) electrons. The van der Waals surface area contributed by atoms with Gasteiger partial charge in [0.25, 0.3) is 0 Å². The van der Waals surface area contributed by atoms with Crippen LogP contribution >= 0.6 is 15.9 Å². The molecule has 1 N–H and O–H groups in total. The molecule has 0 saturated heterocycles. The molecular weight excluding hydrogens is 337 g/mol. The van der Waals surface area contributed by atoms with Crippen LogP contribution in [0.15, 0.2) is 53.1 Å². The summed E-state index contributed by atoms with van der Waals surface area (Å²) in [5.41, 5.74) is 1.49. The van der Waals surface area contributed by atoms with Crippen LogP contribution in [0.1, 0.15) is 10.4 Å². The maximum Gasteiger partial charge on any atom is 0.202 e. The van der Waals surface area contributed by atoms with Gasteiger partial charge in [-0.2, -0.15) is 0 Å². The van der Waals surface area contributed by atoms with Crippen molar-refractivity contribution in [2.45, 2.75) is 0 Å². The fourth-order valence-electron chi connectivity index (χ4n) is 2.12. The van der Waals surface area contributed by atoms with Gasteiger partial charge in [-0.15, -0.1) is 0 Å². The van der Waals surface area contributed by atoms with E-state index >= 15 is 0 Å². The van der Waals surface area contributed by atoms with E-state index in [2.05, 4.69) is 20.9 Å². The quantitative estimate of drug-likeness (QED) is 0.713. The predicted octanol–water partition coefficient (Wildman–Crippen LogP) is 4.33. The van der Waals surface area contributed by atoms with Crippen LogP contribution in [-0.4, -0.2) is 17.4 Å². The Labute approximate surface area is 128 Å². The first-order valence-corrected chi connectivity index (χ1v) is 7.11. The maximum absolute atomic E-state index is 13.0. The lowest BCUT2D eigenvalue weighted by Gasteiger charge is -2.07. The lowest BCUT2D eigenvalue weighted by atomic mass is 10.1. The highest BCUT2D eigenvalue weighted by molar-refractivity contribution is 9.10. The minimum Gasteiger partial charge on any atom is -0.484 e. The average molecular weight is 348 g/mol. The van der Waals surface area contributed by atoms with E-state index < -0.39 is 0 Å². The second-order valence-corrected chi connectivity index (χ2v) is 5.39. The zero-order chi connectivity index (χ0) is 14.8. The summed E-state index contributed by atoms with van der Waals surface area (Å²) in [4.78, 5) is 15.3. The molecule has 3 aromatic rings. The molecule has 2 aromatic carbocycles. The highest BCUT2D eigenvalue weighted by atomic mass is 79.9. The molecule has 0 aliphatic heterocycles. The van der Waals surface area contributed by atoms with Gasteiger partial charge in [0, 0.05) is 22.7 Å². The Morgan fingerprint density at radius 1 is 1.24 bits per heavy atom. The van der Waals surface area contributed by atoms with Crippen LogP contribution in [0.3, 0.4) is 0 Å². The van der Waals surface area contributed by atoms with E-state index in [-0.39, 0.29) is 18.2 Å². The molecule has 0 aliphatic carbocycles. The van der Waals surface area contributed by atoms with E-state index in [4.69, 9.17) is 4.74 Å². The van der Waals surface area contributed by atoms with Crippen molar-refractivity contribution < 1.29 is 13.9 Å². The lowest BCUT2D eigenvalue weighted by molar-refractivity contribution is 0.0922. The summed E-state index contributed by atoms with van der Waals surface area (Å²) >= 11 is 3.20. The maximum atomic E-state index is 13.0. The summed E-state index contributed by atoms with van der Waals surface area (Å²) in [6.45, 7) is -0.105. The van der Waals surface area contributed by atoms with Crippen molar-refractivity contribution in [3.05, 3.63) is 64.5 Å². The third-order valence-electron chi connectivity index (χ3n) is 3.14. The highest BCUT2D eigenvalue weighted by Gasteiger charge is 2.13. The zero-order valence-corrected chi connectivity index (χ0v) is 12.5. The predicted molar refractivity (Wildman–Crippen MR) is 82.2 cm³/mol. The van der Waals surface area contributed by atoms with Gasteiger partial charge in [0.1, 0.15) is 11.6 Å². The number of H-pyrrole nitrogens is 1. The van der Waals surface area contributed by atoms with Gasteiger partial charge in [-0.25, -0.2) is 4.39 Å². The van der Waals surface area contributed by atoms with E-state index in [0.29, 0.717) is 15.8 Å². The number of nitrogens with one attached hydrogen (secondary N) is 1. The number of aromatic nitrogens is 1. The summed E-state index contributed by atoms with van der Waals surface area (Å²) < 4.78 is 18.9. The molecule has 3 rings (SSSR count). The number of hydrogen-bond acceptors (Lipinski definition) is 2. The van der Waals surface area contributed by atoms with E-state index in [1.807, 2.05) is 24.3 Å². The topological polar surface area (TPSA) is 42.1 Å². The number of Topliss-reactive ketones (excluding diaryl/α,β-unsaturated/α-hetero) is 1. The normalized spacial score (nSPS) is 10.8. The third-order valence-corrected chi connectivity index (χ3v) is 3.76. The number of hydrogen-bond donors (Lipinski definition) is 1. The Hall–Kier alpha value is -2.14. The number of ether oxygens (including phenoxy) is 1. The molecule has 21 heavy (non-hydrogen) atoms. The van der Waals surface area contributed by atoms with Crippen molar-refractivity contribution in [2.75, 3.05) is 6.61 Å². The van der Waals surface area contributed by atoms with E-state index in [0.717, 1.165) is 10.9 Å². The van der Waals surface area contributed by atoms with Crippen molar-refractivity contribution in [3.63, 3.8) is 0 Å². The number of aromatic amines is 1. The molecule has 0 bridgehead atoms. The van der Waals surface area contributed by atoms with Gasteiger partial charge in [0.2, 0.25) is 5.78 Å². The summed E-state index contributed by atoms with van der Waals surface area (Å²) in [6.07, 6.45) is 1.68. The van der Waals surface area contributed by atoms with Crippen LogP contribution in [0.4, 0.5) is 4.39 Å². The third kappa shape index (κ3) is 2.83. The molecular formula is C16H11BrFNO2. The molecule has 3 nitrogen and oxygen atoms in total. The summed E-state index contributed by atoms with van der Waals surface area (Å²) in [6, 6.07) is 11.6. The number of fused-ring (bicyclic) bond motifs is 1. The Morgan fingerprint density at radius 3 is 2.86 bits per heavy atom. The van der Waals surface area contributed by atoms with Crippen LogP contribution in [0.25, 0.3) is 10.9 Å². The SMILES string of the molecule is O=C(COc1ccc(F)cc1Br)c1c[nH]c2ccccc12. The molecule has 0 saturated carbocycles. The first kappa shape index (κ1) is 13.8. The number of para-hydroxylation sites is 1. The van der Waals surface area contributed by atoms with Gasteiger partial charge in [0.15, 0.2) is 6.61 Å². The van der Waals surface area contributed by atoms with Crippen LogP contribution < -0.4 is 4.74 Å². The fraction of sp³-hybridized carbons (Fsp3) is 0.0625. The fourth-order valence-corrected chi connectivity index (χ4v) is 2.58. The van der Waals surface area contributed by atoms with E-state index in [1.165, 1.54) is 18.2 Å². The first-order chi connectivity index (χ1) is 10.1. The van der Waals surface area contributed by atoms with Crippen molar-refractivity contribution in [2.24, 2.45) is 0 Å². The molecule has 106 valence electrons. The number of carbonyl (C=O) groups excluding carboxylic acids is 1. The van der Waals surface area contributed by atoms with Gasteiger partial charge in [-0.05, 0) is 40.2 Å². The lowest BCUT2D eigenvalue weighted by Crippen LogP contribution is -2.11. The zero-order valence-electron chi connectivity index (χ0n) is 10.9. The molecule has 0 atom stereocenters. The first-order valence-electron chi connectivity index (χ1n) is 6.32. The minimum atomic E-state index is -0.364. The van der Waals surface area contributed by atoms with E-state index in [1.54, 1.807) is 6.20 Å². The van der Waals surface area contributed by atoms with Crippen molar-refractivity contribution in [1.82, 2.24) is 4.98 Å². The van der Waals surface area contributed by atoms with Crippen LogP contribution in [0, 0.1) is 5.82 Å². The van der Waals surface area contributed by atoms with Gasteiger partial charge in [-0.1, -0.05) is 18.2 Å². The van der Waals surface area contributed by atoms with Crippen molar-refractivity contribution in [1.29, 1.82) is 0 Å². The van der Waals surface area contributed by atoms with Gasteiger partial charge < -0.3 is 9.72 Å². The monoisotopic (exact) mass is 347 g/mol. The van der Waals surface area contributed by atoms with Gasteiger partial charge >= 0.3 is 0 Å². The number of carbonyl (C=O) groups is 1. The van der Waals surface area contributed by atoms with Crippen molar-refractivity contribution in [3.8, 4) is 5.75 Å². The standard InChI is InChI=1S/C16H11BrFNO2/c17-13-7-10(18)5-6-16(13)21-9-15(20)12-8-19-14-4-2-1-3-11(12)14/h1-8,19H,9H2. The Balaban J connectivity index is 1.77. The van der Waals surface area contributed by atoms with Crippen LogP contribution in [0.2, 0.25) is 0 Å². The summed E-state index contributed by atoms with van der Waals surface area (Å²) in [5, 5.41) is 0.865. The van der Waals surface area contributed by atoms with Gasteiger partial charge in [0.05, 0.1) is 4.47 Å². The largest absolute Gasteiger partial charge is 0.484 e. The number of rotatable bonds is 4. The summed E-state index contributed by atoms with van der Waals surface area (Å²) in [7, 11) is 0. The van der Waals surface area contributed by atoms with Crippen LogP contribution in [-0.2, 0) is 0 Å². The second kappa shape index (κ2) is 5.69. The molecule has 0 fully saturated rings. The molecule has 1 aromatic heterocycles. The number of benzene rings is 2. The molecule has 0 spiro atoms. The minimum absolute atomic E-state index is 0.105. The molecule has 5 heteroatoms. The Bertz CT molecular complexity index is 813. The Morgan fingerprint density at radius 2 is 2.05 bits per heavy atom. The van der Waals surface area contributed by atoms with E-state index in [9.17, 15) is 9.18 Å². The Kier molecular flexibility index (Phi) is 3.75. The smallest absolute Gasteiger partial charge is 0.202 e. The molecule has 0 aliphatic rings. The number of ketones is 1.